The van der Waals surface area contributed by atoms with Crippen LogP contribution in [0, 0.1) is 20.2 Å². The van der Waals surface area contributed by atoms with Crippen molar-refractivity contribution in [3.05, 3.63) is 222 Å². The summed E-state index contributed by atoms with van der Waals surface area (Å²) in [5.74, 6) is 1.49. The molecule has 0 saturated carbocycles. The molecule has 1 heterocycles. The number of thiocarbonyl (C=S) groups is 1. The van der Waals surface area contributed by atoms with Gasteiger partial charge in [0.05, 0.1) is 41.2 Å². The van der Waals surface area contributed by atoms with Gasteiger partial charge in [-0.2, -0.15) is 0 Å². The number of hydrogen-bond donors (Lipinski definition) is 1. The lowest BCUT2D eigenvalue weighted by Crippen LogP contribution is -2.33. The third-order valence-corrected chi connectivity index (χ3v) is 11.3. The van der Waals surface area contributed by atoms with E-state index in [4.69, 9.17) is 44.9 Å². The Morgan fingerprint density at radius 2 is 1.15 bits per heavy atom. The fourth-order valence-electron chi connectivity index (χ4n) is 6.15. The molecule has 0 aliphatic heterocycles. The minimum absolute atomic E-state index is 0. The highest BCUT2D eigenvalue weighted by Gasteiger charge is 2.17. The number of anilines is 1. The van der Waals surface area contributed by atoms with Crippen LogP contribution in [-0.2, 0) is 19.8 Å². The molecule has 8 rings (SSSR count). The number of rotatable bonds is 13. The van der Waals surface area contributed by atoms with Gasteiger partial charge in [0.15, 0.2) is 0 Å². The number of nitrogens with zero attached hydrogens (tertiary/aromatic N) is 4. The third kappa shape index (κ3) is 15.2. The van der Waals surface area contributed by atoms with Gasteiger partial charge >= 0.3 is 0 Å². The van der Waals surface area contributed by atoms with E-state index in [1.54, 1.807) is 12.1 Å². The number of nitro benzene ring substituents is 2. The number of nitrogens with one attached hydrogen (secondary N) is 1. The molecular weight excluding hydrogens is 918 g/mol. The van der Waals surface area contributed by atoms with Gasteiger partial charge in [-0.15, -0.1) is 11.3 Å². The number of ether oxygens (including phenoxy) is 2. The summed E-state index contributed by atoms with van der Waals surface area (Å²) in [6, 6.07) is 52.6. The van der Waals surface area contributed by atoms with Crippen molar-refractivity contribution in [3.8, 4) is 22.1 Å². The van der Waals surface area contributed by atoms with Gasteiger partial charge in [-0.1, -0.05) is 132 Å². The second-order valence-corrected chi connectivity index (χ2v) is 17.7. The van der Waals surface area contributed by atoms with Gasteiger partial charge in [0, 0.05) is 34.5 Å². The number of hydrogen-bond acceptors (Lipinski definition) is 10. The molecule has 0 spiro atoms. The molecule has 0 amide bonds. The summed E-state index contributed by atoms with van der Waals surface area (Å²) in [5, 5.41) is 26.0. The van der Waals surface area contributed by atoms with E-state index < -0.39 is 9.85 Å². The second-order valence-electron chi connectivity index (χ2n) is 15.5. The van der Waals surface area contributed by atoms with E-state index in [1.807, 2.05) is 103 Å². The van der Waals surface area contributed by atoms with Crippen LogP contribution in [0.25, 0.3) is 20.8 Å². The standard InChI is InChI=1S/C20H13ClN2O3S.C20H15ClN2O3S.C10H16N.H2O/c21-16-8-6-14(10-18(16)23(24)25)20-22-17-9-7-15(11-19(17)27-20)26-12-13-4-2-1-3-5-13;21-18-11-6-15(12-19(18)23(24)25)20(27)22-16-7-9-17(10-8-16)26-13-14-4-2-1-3-5-14;1-11(2,3)9-10-7-5-4-6-8-10;/h1-11H,12H2;1-12H,13H2,(H,22,27);4-8H,9H2,1-3H3;1H2/q;;+1;/p-1. The summed E-state index contributed by atoms with van der Waals surface area (Å²) >= 11 is 18.5. The lowest BCUT2D eigenvalue weighted by Gasteiger charge is -2.23. The predicted molar refractivity (Wildman–Crippen MR) is 268 cm³/mol. The molecule has 7 aromatic carbocycles. The molecule has 0 aliphatic carbocycles. The number of nitro groups is 2. The lowest BCUT2D eigenvalue weighted by atomic mass is 10.2. The fourth-order valence-corrected chi connectivity index (χ4v) is 7.76. The van der Waals surface area contributed by atoms with E-state index in [0.717, 1.165) is 49.6 Å². The Balaban J connectivity index is 0.000000200. The Hall–Kier alpha value is -6.78. The zero-order valence-corrected chi connectivity index (χ0v) is 39.2. The summed E-state index contributed by atoms with van der Waals surface area (Å²) < 4.78 is 13.5. The van der Waals surface area contributed by atoms with Gasteiger partial charge in [-0.25, -0.2) is 4.98 Å². The number of halogens is 2. The number of quaternary nitrogens is 1. The fraction of sp³-hybridized carbons (Fsp3) is 0.120. The zero-order valence-electron chi connectivity index (χ0n) is 36.0. The van der Waals surface area contributed by atoms with E-state index >= 15 is 0 Å². The molecule has 66 heavy (non-hydrogen) atoms. The van der Waals surface area contributed by atoms with E-state index in [2.05, 4.69) is 61.8 Å². The largest absolute Gasteiger partial charge is 0.870 e. The third-order valence-electron chi connectivity index (χ3n) is 9.26. The van der Waals surface area contributed by atoms with Gasteiger partial charge in [-0.05, 0) is 71.8 Å². The normalized spacial score (nSPS) is 10.6. The molecule has 338 valence electrons. The van der Waals surface area contributed by atoms with Crippen LogP contribution in [0.1, 0.15) is 22.3 Å². The minimum Gasteiger partial charge on any atom is -0.870 e. The SMILES string of the molecule is C[N+](C)(C)Cc1ccccc1.O=[N+]([O-])c1cc(-c2nc3ccc(OCc4ccccc4)cc3s2)ccc1Cl.O=[N+]([O-])c1cc(C(=S)Nc2ccc(OCc3ccccc3)cc2)ccc1Cl.[OH-]. The average molecular weight is 963 g/mol. The molecule has 12 nitrogen and oxygen atoms in total. The van der Waals surface area contributed by atoms with Crippen molar-refractivity contribution >= 4 is 79.0 Å². The van der Waals surface area contributed by atoms with Crippen LogP contribution in [0.15, 0.2) is 170 Å². The molecule has 8 aromatic rings. The Bertz CT molecular complexity index is 2870. The van der Waals surface area contributed by atoms with Crippen LogP contribution in [0.3, 0.4) is 0 Å². The molecule has 0 atom stereocenters. The summed E-state index contributed by atoms with van der Waals surface area (Å²) in [5.41, 5.74) is 6.04. The predicted octanol–water partition coefficient (Wildman–Crippen LogP) is 13.4. The monoisotopic (exact) mass is 961 g/mol. The van der Waals surface area contributed by atoms with E-state index in [1.165, 1.54) is 41.2 Å². The van der Waals surface area contributed by atoms with Crippen LogP contribution in [-0.4, -0.2) is 50.9 Å². The maximum atomic E-state index is 11.1. The van der Waals surface area contributed by atoms with Crippen LogP contribution >= 0.6 is 46.8 Å². The number of aromatic nitrogens is 1. The van der Waals surface area contributed by atoms with Crippen molar-refractivity contribution in [2.75, 3.05) is 26.5 Å². The van der Waals surface area contributed by atoms with Gasteiger partial charge in [0.1, 0.15) is 51.3 Å². The van der Waals surface area contributed by atoms with Crippen molar-refractivity contribution in [1.82, 2.24) is 4.98 Å². The second kappa shape index (κ2) is 23.9. The van der Waals surface area contributed by atoms with Gasteiger partial charge in [-0.3, -0.25) is 20.2 Å². The van der Waals surface area contributed by atoms with Crippen molar-refractivity contribution < 1.29 is 29.3 Å². The van der Waals surface area contributed by atoms with Crippen molar-refractivity contribution in [3.63, 3.8) is 0 Å². The Kier molecular flexibility index (Phi) is 18.2. The quantitative estimate of drug-likeness (QED) is 0.0510. The highest BCUT2D eigenvalue weighted by atomic mass is 35.5. The van der Waals surface area contributed by atoms with E-state index in [-0.39, 0.29) is 26.9 Å². The van der Waals surface area contributed by atoms with Crippen molar-refractivity contribution in [2.24, 2.45) is 0 Å². The van der Waals surface area contributed by atoms with Crippen molar-refractivity contribution in [1.29, 1.82) is 0 Å². The van der Waals surface area contributed by atoms with Crippen LogP contribution in [0.5, 0.6) is 11.5 Å². The molecule has 0 radical (unpaired) electrons. The first kappa shape index (κ1) is 50.2. The Morgan fingerprint density at radius 1 is 0.652 bits per heavy atom. The van der Waals surface area contributed by atoms with Crippen LogP contribution < -0.4 is 14.8 Å². The van der Waals surface area contributed by atoms with Gasteiger partial charge < -0.3 is 24.7 Å². The molecule has 2 N–H and O–H groups in total. The minimum atomic E-state index is -0.534. The summed E-state index contributed by atoms with van der Waals surface area (Å²) in [7, 11) is 6.60. The highest BCUT2D eigenvalue weighted by molar-refractivity contribution is 7.81. The first-order valence-corrected chi connectivity index (χ1v) is 22.1. The Labute approximate surface area is 401 Å². The highest BCUT2D eigenvalue weighted by Crippen LogP contribution is 2.36. The summed E-state index contributed by atoms with van der Waals surface area (Å²) in [4.78, 5) is 26.0. The molecule has 0 saturated heterocycles. The maximum absolute atomic E-state index is 11.1. The first-order chi connectivity index (χ1) is 31.2. The molecule has 0 bridgehead atoms. The summed E-state index contributed by atoms with van der Waals surface area (Å²) in [6.07, 6.45) is 0. The smallest absolute Gasteiger partial charge is 0.288 e. The lowest BCUT2D eigenvalue weighted by molar-refractivity contribution is -0.884. The van der Waals surface area contributed by atoms with Gasteiger partial charge in [0.25, 0.3) is 11.4 Å². The zero-order chi connectivity index (χ0) is 46.3. The molecule has 0 aliphatic rings. The van der Waals surface area contributed by atoms with Crippen LogP contribution in [0.4, 0.5) is 17.1 Å². The molecule has 0 fully saturated rings. The van der Waals surface area contributed by atoms with E-state index in [9.17, 15) is 20.2 Å². The topological polar surface area (TPSA) is 160 Å². The molecule has 16 heteroatoms. The van der Waals surface area contributed by atoms with Gasteiger partial charge in [0.2, 0.25) is 0 Å². The molecular formula is C50H45Cl2N5O7S2. The van der Waals surface area contributed by atoms with E-state index in [0.29, 0.717) is 34.3 Å². The van der Waals surface area contributed by atoms with Crippen molar-refractivity contribution in [2.45, 2.75) is 19.8 Å². The number of thiazole rings is 1. The Morgan fingerprint density at radius 3 is 1.70 bits per heavy atom. The molecule has 0 unspecified atom stereocenters. The molecule has 1 aromatic heterocycles. The number of fused-ring (bicyclic) bond motifs is 1. The number of benzene rings is 7. The summed E-state index contributed by atoms with van der Waals surface area (Å²) in [6.45, 7) is 2.07. The maximum Gasteiger partial charge on any atom is 0.288 e. The first-order valence-electron chi connectivity index (χ1n) is 20.1. The average Bonchev–Trinajstić information content (AvgIpc) is 3.73. The van der Waals surface area contributed by atoms with Crippen LogP contribution in [0.2, 0.25) is 10.0 Å².